The molecule has 2 aromatic heterocycles. The summed E-state index contributed by atoms with van der Waals surface area (Å²) in [6, 6.07) is 1.69. The number of H-pyrrole nitrogens is 1. The summed E-state index contributed by atoms with van der Waals surface area (Å²) in [6.45, 7) is 0.685. The summed E-state index contributed by atoms with van der Waals surface area (Å²) in [4.78, 5) is 31.1. The van der Waals surface area contributed by atoms with Crippen LogP contribution >= 0.6 is 0 Å². The lowest BCUT2D eigenvalue weighted by molar-refractivity contribution is -0.121. The smallest absolute Gasteiger partial charge is 0.251 e. The highest BCUT2D eigenvalue weighted by Gasteiger charge is 2.26. The monoisotopic (exact) mass is 315 g/mol. The first-order valence-corrected chi connectivity index (χ1v) is 7.87. The summed E-state index contributed by atoms with van der Waals surface area (Å²) in [5, 5.41) is 3.49. The van der Waals surface area contributed by atoms with Crippen LogP contribution in [0.4, 0.5) is 5.69 Å². The highest BCUT2D eigenvalue weighted by Crippen LogP contribution is 2.30. The summed E-state index contributed by atoms with van der Waals surface area (Å²) in [7, 11) is 0. The molecular formula is C16H21N5O2. The predicted molar refractivity (Wildman–Crippen MR) is 87.7 cm³/mol. The molecule has 2 heterocycles. The van der Waals surface area contributed by atoms with E-state index in [0.29, 0.717) is 34.7 Å². The maximum Gasteiger partial charge on any atom is 0.251 e. The molecule has 0 radical (unpaired) electrons. The van der Waals surface area contributed by atoms with Crippen LogP contribution in [0, 0.1) is 11.8 Å². The second-order valence-corrected chi connectivity index (χ2v) is 6.09. The molecule has 7 nitrogen and oxygen atoms in total. The van der Waals surface area contributed by atoms with Crippen molar-refractivity contribution in [1.29, 1.82) is 0 Å². The highest BCUT2D eigenvalue weighted by molar-refractivity contribution is 6.12. The fourth-order valence-corrected chi connectivity index (χ4v) is 3.25. The summed E-state index contributed by atoms with van der Waals surface area (Å²) in [5.74, 6) is -0.0670. The average Bonchev–Trinajstić information content (AvgIpc) is 3.00. The molecule has 7 heteroatoms. The number of nitrogens with one attached hydrogen (secondary N) is 2. The average molecular weight is 315 g/mol. The molecule has 6 N–H and O–H groups in total. The van der Waals surface area contributed by atoms with Gasteiger partial charge in [0.15, 0.2) is 0 Å². The van der Waals surface area contributed by atoms with E-state index in [2.05, 4.69) is 15.3 Å². The van der Waals surface area contributed by atoms with Gasteiger partial charge in [-0.3, -0.25) is 9.59 Å². The Bertz CT molecular complexity index is 731. The maximum atomic E-state index is 12.5. The topological polar surface area (TPSA) is 127 Å². The van der Waals surface area contributed by atoms with Crippen molar-refractivity contribution in [3.05, 3.63) is 24.0 Å². The molecule has 1 aliphatic carbocycles. The molecular weight excluding hydrogens is 294 g/mol. The van der Waals surface area contributed by atoms with Gasteiger partial charge >= 0.3 is 0 Å². The highest BCUT2D eigenvalue weighted by atomic mass is 16.2. The number of fused-ring (bicyclic) bond motifs is 1. The van der Waals surface area contributed by atoms with Gasteiger partial charge in [-0.15, -0.1) is 0 Å². The van der Waals surface area contributed by atoms with Crippen LogP contribution in [-0.4, -0.2) is 28.3 Å². The second kappa shape index (κ2) is 6.37. The number of pyridine rings is 1. The first-order chi connectivity index (χ1) is 11.1. The Kier molecular flexibility index (Phi) is 4.29. The lowest BCUT2D eigenvalue weighted by Gasteiger charge is -2.26. The van der Waals surface area contributed by atoms with Gasteiger partial charge in [0.25, 0.3) is 5.91 Å². The van der Waals surface area contributed by atoms with Gasteiger partial charge < -0.3 is 21.8 Å². The van der Waals surface area contributed by atoms with Crippen molar-refractivity contribution in [2.24, 2.45) is 23.3 Å². The Hall–Kier alpha value is -2.41. The minimum absolute atomic E-state index is 0.0167. The number of amides is 2. The Morgan fingerprint density at radius 3 is 2.70 bits per heavy atom. The second-order valence-electron chi connectivity index (χ2n) is 6.09. The van der Waals surface area contributed by atoms with Crippen LogP contribution in [-0.2, 0) is 4.79 Å². The van der Waals surface area contributed by atoms with Crippen LogP contribution in [0.1, 0.15) is 36.0 Å². The SMILES string of the molecule is NC[C@H]1CC[C@H](C(=O)Nc2ccnc3[nH]cc(C(N)=O)c23)CC1. The molecule has 2 aromatic rings. The lowest BCUT2D eigenvalue weighted by Crippen LogP contribution is -2.29. The summed E-state index contributed by atoms with van der Waals surface area (Å²) in [5.41, 5.74) is 12.5. The summed E-state index contributed by atoms with van der Waals surface area (Å²) < 4.78 is 0. The minimum atomic E-state index is -0.553. The number of anilines is 1. The zero-order chi connectivity index (χ0) is 16.4. The molecule has 3 rings (SSSR count). The van der Waals surface area contributed by atoms with E-state index in [1.807, 2.05) is 0 Å². The number of nitrogens with zero attached hydrogens (tertiary/aromatic N) is 1. The number of aromatic amines is 1. The first-order valence-electron chi connectivity index (χ1n) is 7.87. The Morgan fingerprint density at radius 1 is 1.30 bits per heavy atom. The standard InChI is InChI=1S/C16H21N5O2/c17-7-9-1-3-10(4-2-9)16(23)21-12-5-6-19-15-13(12)11(8-20-15)14(18)22/h5-6,8-10H,1-4,7,17H2,(H2,18,22)(H2,19,20,21,23)/t9-,10-. The maximum absolute atomic E-state index is 12.5. The third-order valence-corrected chi connectivity index (χ3v) is 4.65. The largest absolute Gasteiger partial charge is 0.366 e. The number of hydrogen-bond acceptors (Lipinski definition) is 4. The summed E-state index contributed by atoms with van der Waals surface area (Å²) >= 11 is 0. The molecule has 0 bridgehead atoms. The van der Waals surface area contributed by atoms with Gasteiger partial charge in [-0.25, -0.2) is 4.98 Å². The lowest BCUT2D eigenvalue weighted by atomic mass is 9.81. The van der Waals surface area contributed by atoms with Crippen molar-refractivity contribution in [2.75, 3.05) is 11.9 Å². The van der Waals surface area contributed by atoms with Gasteiger partial charge in [-0.05, 0) is 44.2 Å². The van der Waals surface area contributed by atoms with E-state index >= 15 is 0 Å². The van der Waals surface area contributed by atoms with Crippen LogP contribution < -0.4 is 16.8 Å². The predicted octanol–water partition coefficient (Wildman–Crippen LogP) is 1.37. The van der Waals surface area contributed by atoms with Crippen molar-refractivity contribution < 1.29 is 9.59 Å². The van der Waals surface area contributed by atoms with Crippen molar-refractivity contribution in [1.82, 2.24) is 9.97 Å². The van der Waals surface area contributed by atoms with Gasteiger partial charge in [-0.1, -0.05) is 0 Å². The van der Waals surface area contributed by atoms with Crippen molar-refractivity contribution in [3.8, 4) is 0 Å². The van der Waals surface area contributed by atoms with Crippen molar-refractivity contribution in [2.45, 2.75) is 25.7 Å². The summed E-state index contributed by atoms with van der Waals surface area (Å²) in [6.07, 6.45) is 6.76. The molecule has 0 spiro atoms. The van der Waals surface area contributed by atoms with E-state index in [9.17, 15) is 9.59 Å². The molecule has 1 fully saturated rings. The van der Waals surface area contributed by atoms with E-state index in [1.54, 1.807) is 12.3 Å². The molecule has 0 aliphatic heterocycles. The van der Waals surface area contributed by atoms with Gasteiger partial charge in [0.2, 0.25) is 5.91 Å². The zero-order valence-corrected chi connectivity index (χ0v) is 12.8. The number of carbonyl (C=O) groups is 2. The van der Waals surface area contributed by atoms with Gasteiger partial charge in [0, 0.05) is 18.3 Å². The van der Waals surface area contributed by atoms with Crippen LogP contribution in [0.5, 0.6) is 0 Å². The number of aromatic nitrogens is 2. The van der Waals surface area contributed by atoms with Crippen LogP contribution in [0.15, 0.2) is 18.5 Å². The van der Waals surface area contributed by atoms with Crippen molar-refractivity contribution in [3.63, 3.8) is 0 Å². The zero-order valence-electron chi connectivity index (χ0n) is 12.8. The van der Waals surface area contributed by atoms with Crippen LogP contribution in [0.3, 0.4) is 0 Å². The third-order valence-electron chi connectivity index (χ3n) is 4.65. The fourth-order valence-electron chi connectivity index (χ4n) is 3.25. The van der Waals surface area contributed by atoms with E-state index in [4.69, 9.17) is 11.5 Å². The number of rotatable bonds is 4. The number of nitrogens with two attached hydrogens (primary N) is 2. The number of hydrogen-bond donors (Lipinski definition) is 4. The molecule has 1 aliphatic rings. The fraction of sp³-hybridized carbons (Fsp3) is 0.438. The minimum Gasteiger partial charge on any atom is -0.366 e. The number of primary amides is 1. The number of carbonyl (C=O) groups excluding carboxylic acids is 2. The molecule has 0 atom stereocenters. The van der Waals surface area contributed by atoms with Gasteiger partial charge in [0.1, 0.15) is 5.65 Å². The van der Waals surface area contributed by atoms with E-state index < -0.39 is 5.91 Å². The van der Waals surface area contributed by atoms with Crippen LogP contribution in [0.25, 0.3) is 11.0 Å². The Labute approximate surface area is 133 Å². The van der Waals surface area contributed by atoms with Crippen molar-refractivity contribution >= 4 is 28.5 Å². The normalized spacial score (nSPS) is 21.3. The molecule has 122 valence electrons. The third kappa shape index (κ3) is 3.05. The Balaban J connectivity index is 1.80. The molecule has 2 amide bonds. The first kappa shape index (κ1) is 15.5. The van der Waals surface area contributed by atoms with Gasteiger partial charge in [-0.2, -0.15) is 0 Å². The van der Waals surface area contributed by atoms with E-state index in [1.165, 1.54) is 6.20 Å². The van der Waals surface area contributed by atoms with Crippen LogP contribution in [0.2, 0.25) is 0 Å². The molecule has 1 saturated carbocycles. The Morgan fingerprint density at radius 2 is 2.04 bits per heavy atom. The molecule has 23 heavy (non-hydrogen) atoms. The van der Waals surface area contributed by atoms with E-state index in [-0.39, 0.29) is 11.8 Å². The quantitative estimate of drug-likeness (QED) is 0.679. The molecule has 0 unspecified atom stereocenters. The molecule has 0 aromatic carbocycles. The molecule has 0 saturated heterocycles. The van der Waals surface area contributed by atoms with Gasteiger partial charge in [0.05, 0.1) is 16.6 Å². The van der Waals surface area contributed by atoms with E-state index in [0.717, 1.165) is 25.7 Å².